The first-order valence-corrected chi connectivity index (χ1v) is 5.61. The molecular formula is C11H25NO. The Labute approximate surface area is 82.7 Å². The van der Waals surface area contributed by atoms with Crippen LogP contribution in [0.4, 0.5) is 0 Å². The summed E-state index contributed by atoms with van der Waals surface area (Å²) in [4.78, 5) is 0. The molecule has 2 nitrogen and oxygen atoms in total. The first-order chi connectivity index (χ1) is 6.24. The molecule has 0 bridgehead atoms. The van der Waals surface area contributed by atoms with E-state index in [9.17, 15) is 0 Å². The average molecular weight is 187 g/mol. The molecule has 0 aliphatic heterocycles. The molecule has 0 saturated carbocycles. The van der Waals surface area contributed by atoms with Crippen molar-refractivity contribution in [1.82, 2.24) is 5.32 Å². The highest BCUT2D eigenvalue weighted by molar-refractivity contribution is 4.69. The summed E-state index contributed by atoms with van der Waals surface area (Å²) in [5, 5.41) is 12.3. The second kappa shape index (κ2) is 8.52. The smallest absolute Gasteiger partial charge is 0.0445 e. The molecule has 0 aliphatic carbocycles. The quantitative estimate of drug-likeness (QED) is 0.611. The van der Waals surface area contributed by atoms with Crippen LogP contribution >= 0.6 is 0 Å². The van der Waals surface area contributed by atoms with Crippen molar-refractivity contribution in [3.05, 3.63) is 0 Å². The Hall–Kier alpha value is -0.0800. The summed E-state index contributed by atoms with van der Waals surface area (Å²) in [7, 11) is 0. The van der Waals surface area contributed by atoms with Gasteiger partial charge in [0.25, 0.3) is 0 Å². The third-order valence-corrected chi connectivity index (χ3v) is 2.48. The van der Waals surface area contributed by atoms with Gasteiger partial charge in [0.15, 0.2) is 0 Å². The van der Waals surface area contributed by atoms with Crippen molar-refractivity contribution in [3.63, 3.8) is 0 Å². The summed E-state index contributed by atoms with van der Waals surface area (Å²) < 4.78 is 0. The molecule has 80 valence electrons. The highest BCUT2D eigenvalue weighted by Gasteiger charge is 2.08. The predicted octanol–water partition coefficient (Wildman–Crippen LogP) is 2.32. The van der Waals surface area contributed by atoms with Gasteiger partial charge in [0.1, 0.15) is 0 Å². The van der Waals surface area contributed by atoms with Gasteiger partial charge >= 0.3 is 0 Å². The summed E-state index contributed by atoms with van der Waals surface area (Å²) in [6.07, 6.45) is 5.89. The number of hydrogen-bond donors (Lipinski definition) is 2. The van der Waals surface area contributed by atoms with Gasteiger partial charge in [-0.15, -0.1) is 0 Å². The molecule has 0 spiro atoms. The van der Waals surface area contributed by atoms with Gasteiger partial charge < -0.3 is 10.4 Å². The molecule has 0 aromatic rings. The van der Waals surface area contributed by atoms with E-state index in [2.05, 4.69) is 26.1 Å². The van der Waals surface area contributed by atoms with Crippen molar-refractivity contribution in [2.45, 2.75) is 65.0 Å². The van der Waals surface area contributed by atoms with Crippen LogP contribution in [0.15, 0.2) is 0 Å². The van der Waals surface area contributed by atoms with Crippen LogP contribution in [-0.4, -0.2) is 23.8 Å². The van der Waals surface area contributed by atoms with Crippen LogP contribution in [0.5, 0.6) is 0 Å². The van der Waals surface area contributed by atoms with E-state index in [1.165, 1.54) is 25.7 Å². The van der Waals surface area contributed by atoms with Gasteiger partial charge in [-0.3, -0.25) is 0 Å². The summed E-state index contributed by atoms with van der Waals surface area (Å²) in [5.74, 6) is 0. The Morgan fingerprint density at radius 2 is 1.92 bits per heavy atom. The van der Waals surface area contributed by atoms with E-state index in [0.717, 1.165) is 6.42 Å². The van der Waals surface area contributed by atoms with E-state index >= 15 is 0 Å². The van der Waals surface area contributed by atoms with Crippen molar-refractivity contribution < 1.29 is 5.11 Å². The van der Waals surface area contributed by atoms with E-state index in [4.69, 9.17) is 5.11 Å². The molecule has 2 heteroatoms. The molecule has 0 aromatic heterocycles. The molecule has 0 heterocycles. The van der Waals surface area contributed by atoms with E-state index in [1.807, 2.05) is 0 Å². The lowest BCUT2D eigenvalue weighted by atomic mass is 10.1. The zero-order valence-corrected chi connectivity index (χ0v) is 9.34. The zero-order chi connectivity index (χ0) is 10.1. The van der Waals surface area contributed by atoms with Crippen LogP contribution in [0.2, 0.25) is 0 Å². The van der Waals surface area contributed by atoms with Crippen LogP contribution < -0.4 is 5.32 Å². The number of unbranched alkanes of at least 4 members (excludes halogenated alkanes) is 1. The van der Waals surface area contributed by atoms with Crippen molar-refractivity contribution >= 4 is 0 Å². The summed E-state index contributed by atoms with van der Waals surface area (Å²) >= 11 is 0. The molecule has 0 radical (unpaired) electrons. The summed E-state index contributed by atoms with van der Waals surface area (Å²) in [6.45, 7) is 6.88. The van der Waals surface area contributed by atoms with E-state index in [1.54, 1.807) is 0 Å². The lowest BCUT2D eigenvalue weighted by Gasteiger charge is -2.21. The Balaban J connectivity index is 3.56. The largest absolute Gasteiger partial charge is 0.396 e. The van der Waals surface area contributed by atoms with Crippen LogP contribution in [-0.2, 0) is 0 Å². The van der Waals surface area contributed by atoms with Gasteiger partial charge in [-0.1, -0.05) is 26.7 Å². The fourth-order valence-corrected chi connectivity index (χ4v) is 1.54. The van der Waals surface area contributed by atoms with Crippen LogP contribution in [0.1, 0.15) is 52.9 Å². The topological polar surface area (TPSA) is 32.3 Å². The molecule has 2 atom stereocenters. The number of nitrogens with one attached hydrogen (secondary N) is 1. The van der Waals surface area contributed by atoms with Gasteiger partial charge in [0, 0.05) is 18.7 Å². The van der Waals surface area contributed by atoms with Crippen molar-refractivity contribution in [3.8, 4) is 0 Å². The molecule has 0 aliphatic rings. The molecular weight excluding hydrogens is 162 g/mol. The fourth-order valence-electron chi connectivity index (χ4n) is 1.54. The lowest BCUT2D eigenvalue weighted by Crippen LogP contribution is -2.36. The minimum absolute atomic E-state index is 0.290. The minimum Gasteiger partial charge on any atom is -0.396 e. The van der Waals surface area contributed by atoms with Crippen LogP contribution in [0.3, 0.4) is 0 Å². The number of aliphatic hydroxyl groups excluding tert-OH is 1. The molecule has 2 unspecified atom stereocenters. The Kier molecular flexibility index (Phi) is 8.46. The Morgan fingerprint density at radius 1 is 1.23 bits per heavy atom. The lowest BCUT2D eigenvalue weighted by molar-refractivity contribution is 0.260. The van der Waals surface area contributed by atoms with Crippen LogP contribution in [0, 0.1) is 0 Å². The Bertz CT molecular complexity index is 106. The third-order valence-electron chi connectivity index (χ3n) is 2.48. The van der Waals surface area contributed by atoms with E-state index < -0.39 is 0 Å². The predicted molar refractivity (Wildman–Crippen MR) is 57.9 cm³/mol. The maximum Gasteiger partial charge on any atom is 0.0445 e. The van der Waals surface area contributed by atoms with Crippen molar-refractivity contribution in [2.75, 3.05) is 6.61 Å². The second-order valence-corrected chi connectivity index (χ2v) is 3.83. The third kappa shape index (κ3) is 7.03. The highest BCUT2D eigenvalue weighted by atomic mass is 16.3. The van der Waals surface area contributed by atoms with Crippen molar-refractivity contribution in [2.24, 2.45) is 0 Å². The van der Waals surface area contributed by atoms with Crippen molar-refractivity contribution in [1.29, 1.82) is 0 Å². The van der Waals surface area contributed by atoms with E-state index in [0.29, 0.717) is 18.7 Å². The normalized spacial score (nSPS) is 15.7. The van der Waals surface area contributed by atoms with Gasteiger partial charge in [0.2, 0.25) is 0 Å². The fraction of sp³-hybridized carbons (Fsp3) is 1.00. The number of hydrogen-bond acceptors (Lipinski definition) is 2. The van der Waals surface area contributed by atoms with Gasteiger partial charge in [-0.2, -0.15) is 0 Å². The maximum atomic E-state index is 8.76. The highest BCUT2D eigenvalue weighted by Crippen LogP contribution is 2.05. The van der Waals surface area contributed by atoms with E-state index in [-0.39, 0.29) is 0 Å². The zero-order valence-electron chi connectivity index (χ0n) is 9.34. The summed E-state index contributed by atoms with van der Waals surface area (Å²) in [5.41, 5.74) is 0. The molecule has 13 heavy (non-hydrogen) atoms. The number of rotatable bonds is 8. The van der Waals surface area contributed by atoms with Crippen LogP contribution in [0.25, 0.3) is 0 Å². The summed E-state index contributed by atoms with van der Waals surface area (Å²) in [6, 6.07) is 1.09. The molecule has 2 N–H and O–H groups in total. The average Bonchev–Trinajstić information content (AvgIpc) is 2.12. The van der Waals surface area contributed by atoms with Gasteiger partial charge in [0.05, 0.1) is 0 Å². The number of aliphatic hydroxyl groups is 1. The molecule has 0 amide bonds. The molecule has 0 fully saturated rings. The van der Waals surface area contributed by atoms with Gasteiger partial charge in [-0.05, 0) is 26.2 Å². The molecule has 0 rings (SSSR count). The SMILES string of the molecule is CCCCC(CC)NC(C)CCO. The first kappa shape index (κ1) is 12.9. The first-order valence-electron chi connectivity index (χ1n) is 5.61. The maximum absolute atomic E-state index is 8.76. The minimum atomic E-state index is 0.290. The Morgan fingerprint density at radius 3 is 2.38 bits per heavy atom. The molecule has 0 aromatic carbocycles. The standard InChI is InChI=1S/C11H25NO/c1-4-6-7-11(5-2)12-10(3)8-9-13/h10-13H,4-9H2,1-3H3. The second-order valence-electron chi connectivity index (χ2n) is 3.83. The van der Waals surface area contributed by atoms with Gasteiger partial charge in [-0.25, -0.2) is 0 Å². The molecule has 0 saturated heterocycles. The monoisotopic (exact) mass is 187 g/mol.